The van der Waals surface area contributed by atoms with Gasteiger partial charge in [0.25, 0.3) is 0 Å². The minimum Gasteiger partial charge on any atom is -0.497 e. The average molecular weight is 289 g/mol. The molecule has 0 fully saturated rings. The summed E-state index contributed by atoms with van der Waals surface area (Å²) in [6, 6.07) is 8.59. The molecule has 2 rings (SSSR count). The molecule has 21 heavy (non-hydrogen) atoms. The summed E-state index contributed by atoms with van der Waals surface area (Å²) in [6.45, 7) is 0. The van der Waals surface area contributed by atoms with Gasteiger partial charge in [-0.15, -0.1) is 0 Å². The van der Waals surface area contributed by atoms with Gasteiger partial charge in [-0.1, -0.05) is 0 Å². The lowest BCUT2D eigenvalue weighted by Crippen LogP contribution is -2.11. The zero-order valence-corrected chi connectivity index (χ0v) is 10.9. The third kappa shape index (κ3) is 3.15. The largest absolute Gasteiger partial charge is 0.497 e. The van der Waals surface area contributed by atoms with Gasteiger partial charge < -0.3 is 9.47 Å². The number of methoxy groups -OCH3 is 1. The average Bonchev–Trinajstić information content (AvgIpc) is 2.47. The van der Waals surface area contributed by atoms with Crippen LogP contribution in [0.15, 0.2) is 36.4 Å². The summed E-state index contributed by atoms with van der Waals surface area (Å²) >= 11 is 0. The van der Waals surface area contributed by atoms with Crippen LogP contribution in [0.5, 0.6) is 11.5 Å². The van der Waals surface area contributed by atoms with Crippen LogP contribution in [0, 0.1) is 23.0 Å². The molecule has 4 nitrogen and oxygen atoms in total. The number of ether oxygens (including phenoxy) is 2. The highest BCUT2D eigenvalue weighted by molar-refractivity contribution is 5.91. The number of benzene rings is 2. The van der Waals surface area contributed by atoms with Crippen molar-refractivity contribution in [2.75, 3.05) is 7.11 Å². The number of rotatable bonds is 3. The predicted octanol–water partition coefficient (Wildman–Crippen LogP) is 3.06. The summed E-state index contributed by atoms with van der Waals surface area (Å²) in [5.74, 6) is -2.47. The zero-order valence-electron chi connectivity index (χ0n) is 10.9. The van der Waals surface area contributed by atoms with E-state index in [2.05, 4.69) is 0 Å². The molecule has 0 radical (unpaired) electrons. The Morgan fingerprint density at radius 2 is 1.76 bits per heavy atom. The van der Waals surface area contributed by atoms with Crippen molar-refractivity contribution in [1.82, 2.24) is 0 Å². The molecule has 0 aliphatic rings. The van der Waals surface area contributed by atoms with Crippen molar-refractivity contribution >= 4 is 5.97 Å². The summed E-state index contributed by atoms with van der Waals surface area (Å²) in [5.41, 5.74) is -0.481. The number of halogens is 2. The summed E-state index contributed by atoms with van der Waals surface area (Å²) < 4.78 is 36.8. The summed E-state index contributed by atoms with van der Waals surface area (Å²) in [7, 11) is 1.37. The Bertz CT molecular complexity index is 738. The lowest BCUT2D eigenvalue weighted by atomic mass is 10.2. The minimum atomic E-state index is -0.973. The van der Waals surface area contributed by atoms with E-state index in [1.54, 1.807) is 6.07 Å². The number of nitrogens with zero attached hydrogens (tertiary/aromatic N) is 1. The van der Waals surface area contributed by atoms with Crippen LogP contribution in [0.2, 0.25) is 0 Å². The van der Waals surface area contributed by atoms with Gasteiger partial charge in [-0.3, -0.25) is 0 Å². The highest BCUT2D eigenvalue weighted by atomic mass is 19.1. The highest BCUT2D eigenvalue weighted by Crippen LogP contribution is 2.20. The summed E-state index contributed by atoms with van der Waals surface area (Å²) in [4.78, 5) is 11.8. The van der Waals surface area contributed by atoms with Crippen LogP contribution < -0.4 is 9.47 Å². The molecular formula is C15H9F2NO3. The Kier molecular flexibility index (Phi) is 4.14. The first-order valence-corrected chi connectivity index (χ1v) is 5.80. The molecule has 0 heterocycles. The lowest BCUT2D eigenvalue weighted by molar-refractivity contribution is 0.0729. The highest BCUT2D eigenvalue weighted by Gasteiger charge is 2.15. The maximum absolute atomic E-state index is 13.7. The summed E-state index contributed by atoms with van der Waals surface area (Å²) in [5, 5.41) is 8.60. The Hall–Kier alpha value is -2.94. The van der Waals surface area contributed by atoms with Crippen LogP contribution in [-0.2, 0) is 0 Å². The third-order valence-corrected chi connectivity index (χ3v) is 2.67. The quantitative estimate of drug-likeness (QED) is 0.643. The maximum atomic E-state index is 13.7. The molecule has 0 aromatic heterocycles. The number of nitriles is 1. The third-order valence-electron chi connectivity index (χ3n) is 2.67. The molecule has 2 aromatic carbocycles. The van der Waals surface area contributed by atoms with Crippen molar-refractivity contribution in [3.05, 3.63) is 59.2 Å². The van der Waals surface area contributed by atoms with E-state index >= 15 is 0 Å². The van der Waals surface area contributed by atoms with E-state index in [4.69, 9.17) is 14.7 Å². The standard InChI is InChI=1S/C15H9F2NO3/c1-20-10-4-5-12(14(17)6-10)15(19)21-11-3-2-9(8-18)13(16)7-11/h2-7H,1H3. The minimum absolute atomic E-state index is 0.119. The molecule has 0 saturated carbocycles. The Balaban J connectivity index is 2.22. The van der Waals surface area contributed by atoms with Crippen molar-refractivity contribution in [3.63, 3.8) is 0 Å². The Morgan fingerprint density at radius 3 is 2.33 bits per heavy atom. The smallest absolute Gasteiger partial charge is 0.346 e. The van der Waals surface area contributed by atoms with Crippen LogP contribution in [0.1, 0.15) is 15.9 Å². The fourth-order valence-corrected chi connectivity index (χ4v) is 1.60. The van der Waals surface area contributed by atoms with Crippen LogP contribution in [0.25, 0.3) is 0 Å². The van der Waals surface area contributed by atoms with Crippen molar-refractivity contribution in [2.45, 2.75) is 0 Å². The van der Waals surface area contributed by atoms with Gasteiger partial charge in [0.2, 0.25) is 0 Å². The topological polar surface area (TPSA) is 59.3 Å². The van der Waals surface area contributed by atoms with Gasteiger partial charge in [-0.25, -0.2) is 13.6 Å². The number of hydrogen-bond donors (Lipinski definition) is 0. The molecule has 0 amide bonds. The molecule has 0 spiro atoms. The van der Waals surface area contributed by atoms with E-state index in [9.17, 15) is 13.6 Å². The van der Waals surface area contributed by atoms with E-state index < -0.39 is 17.6 Å². The van der Waals surface area contributed by atoms with Crippen molar-refractivity contribution in [1.29, 1.82) is 5.26 Å². The first-order chi connectivity index (χ1) is 10.0. The van der Waals surface area contributed by atoms with Gasteiger partial charge in [0, 0.05) is 12.1 Å². The van der Waals surface area contributed by atoms with Crippen LogP contribution in [-0.4, -0.2) is 13.1 Å². The fraction of sp³-hybridized carbons (Fsp3) is 0.0667. The summed E-state index contributed by atoms with van der Waals surface area (Å²) in [6.07, 6.45) is 0. The van der Waals surface area contributed by atoms with Crippen LogP contribution in [0.3, 0.4) is 0 Å². The van der Waals surface area contributed by atoms with Crippen LogP contribution in [0.4, 0.5) is 8.78 Å². The second-order valence-electron chi connectivity index (χ2n) is 3.99. The van der Waals surface area contributed by atoms with Gasteiger partial charge in [0.15, 0.2) is 0 Å². The van der Waals surface area contributed by atoms with Gasteiger partial charge in [-0.05, 0) is 24.3 Å². The molecule has 6 heteroatoms. The van der Waals surface area contributed by atoms with E-state index in [0.29, 0.717) is 0 Å². The molecule has 2 aromatic rings. The molecule has 0 unspecified atom stereocenters. The molecule has 0 aliphatic carbocycles. The van der Waals surface area contributed by atoms with E-state index in [0.717, 1.165) is 12.1 Å². The van der Waals surface area contributed by atoms with Crippen LogP contribution >= 0.6 is 0 Å². The molecule has 0 N–H and O–H groups in total. The van der Waals surface area contributed by atoms with Gasteiger partial charge in [0.1, 0.15) is 29.2 Å². The molecule has 106 valence electrons. The van der Waals surface area contributed by atoms with E-state index in [1.807, 2.05) is 0 Å². The van der Waals surface area contributed by atoms with E-state index in [1.165, 1.54) is 31.4 Å². The molecule has 0 atom stereocenters. The molecular weight excluding hydrogens is 280 g/mol. The van der Waals surface area contributed by atoms with Gasteiger partial charge in [-0.2, -0.15) is 5.26 Å². The van der Waals surface area contributed by atoms with Crippen molar-refractivity contribution in [2.24, 2.45) is 0 Å². The first-order valence-electron chi connectivity index (χ1n) is 5.80. The first kappa shape index (κ1) is 14.5. The molecule has 0 saturated heterocycles. The predicted molar refractivity (Wildman–Crippen MR) is 69.0 cm³/mol. The Morgan fingerprint density at radius 1 is 1.10 bits per heavy atom. The lowest BCUT2D eigenvalue weighted by Gasteiger charge is -2.07. The maximum Gasteiger partial charge on any atom is 0.346 e. The van der Waals surface area contributed by atoms with Gasteiger partial charge in [0.05, 0.1) is 18.2 Å². The van der Waals surface area contributed by atoms with E-state index in [-0.39, 0.29) is 22.6 Å². The monoisotopic (exact) mass is 289 g/mol. The number of carbonyl (C=O) groups excluding carboxylic acids is 1. The van der Waals surface area contributed by atoms with Crippen molar-refractivity contribution in [3.8, 4) is 17.6 Å². The molecule has 0 aliphatic heterocycles. The number of hydrogen-bond acceptors (Lipinski definition) is 4. The second-order valence-corrected chi connectivity index (χ2v) is 3.99. The fourth-order valence-electron chi connectivity index (χ4n) is 1.60. The normalized spacial score (nSPS) is 9.81. The Labute approximate surface area is 119 Å². The van der Waals surface area contributed by atoms with Gasteiger partial charge >= 0.3 is 5.97 Å². The van der Waals surface area contributed by atoms with Crippen molar-refractivity contribution < 1.29 is 23.0 Å². The number of carbonyl (C=O) groups is 1. The molecule has 0 bridgehead atoms. The SMILES string of the molecule is COc1ccc(C(=O)Oc2ccc(C#N)c(F)c2)c(F)c1. The second kappa shape index (κ2) is 6.01. The number of esters is 1. The zero-order chi connectivity index (χ0) is 15.4.